The molecule has 0 bridgehead atoms. The van der Waals surface area contributed by atoms with Gasteiger partial charge in [-0.2, -0.15) is 4.98 Å². The maximum atomic E-state index is 12.4. The van der Waals surface area contributed by atoms with Crippen LogP contribution < -0.4 is 11.1 Å². The fourth-order valence-electron chi connectivity index (χ4n) is 3.05. The molecule has 0 aliphatic rings. The zero-order valence-corrected chi connectivity index (χ0v) is 17.0. The number of rotatable bonds is 9. The predicted octanol–water partition coefficient (Wildman–Crippen LogP) is 2.80. The Labute approximate surface area is 169 Å². The maximum absolute atomic E-state index is 12.4. The Bertz CT molecular complexity index is 979. The molecule has 0 radical (unpaired) electrons. The number of nitrogen functional groups attached to an aromatic ring is 1. The van der Waals surface area contributed by atoms with Gasteiger partial charge in [-0.05, 0) is 35.3 Å². The first-order valence-corrected chi connectivity index (χ1v) is 11.3. The predicted molar refractivity (Wildman–Crippen MR) is 111 cm³/mol. The number of anilines is 1. The first kappa shape index (κ1) is 21.2. The summed E-state index contributed by atoms with van der Waals surface area (Å²) < 4.78 is 17.5. The lowest BCUT2D eigenvalue weighted by molar-refractivity contribution is 0.186. The Morgan fingerprint density at radius 1 is 1.21 bits per heavy atom. The molecule has 3 rings (SSSR count). The Balaban J connectivity index is 1.54. The van der Waals surface area contributed by atoms with Gasteiger partial charge in [0.15, 0.2) is 0 Å². The normalized spacial score (nSPS) is 15.6. The average Bonchev–Trinajstić information content (AvgIpc) is 3.12. The number of benzene rings is 2. The Hall–Kier alpha value is -2.51. The van der Waals surface area contributed by atoms with Crippen molar-refractivity contribution in [3.8, 4) is 11.5 Å². The second-order valence-electron chi connectivity index (χ2n) is 7.04. The van der Waals surface area contributed by atoms with Crippen molar-refractivity contribution in [2.75, 3.05) is 18.4 Å². The molecule has 0 fully saturated rings. The fraction of sp³-hybridized carbons (Fsp3) is 0.300. The Morgan fingerprint density at radius 2 is 1.97 bits per heavy atom. The third-order valence-corrected chi connectivity index (χ3v) is 6.35. The number of nitrogens with two attached hydrogens (primary N) is 1. The lowest BCUT2D eigenvalue weighted by atomic mass is 10.0. The van der Waals surface area contributed by atoms with Crippen LogP contribution in [0.15, 0.2) is 59.1 Å². The van der Waals surface area contributed by atoms with Crippen molar-refractivity contribution in [3.63, 3.8) is 0 Å². The maximum Gasteiger partial charge on any atom is 0.261 e. The number of aliphatic hydroxyl groups is 1. The second kappa shape index (κ2) is 9.33. The standard InChI is InChI=1S/C20H25N4O4P/c1-14(16-8-5-9-17(10-16)19-23-20(21)24-28-19)22-11-18(25)13-29(26,27)12-15-6-3-2-4-7-15/h2-10,14,18,22,25H,11-13H2,1H3,(H2,21,24)(H,26,27)/t14?,18-/m0/s1. The molecule has 2 aromatic carbocycles. The molecule has 1 heterocycles. The van der Waals surface area contributed by atoms with Gasteiger partial charge >= 0.3 is 0 Å². The largest absolute Gasteiger partial charge is 0.391 e. The number of nitrogens with zero attached hydrogens (tertiary/aromatic N) is 2. The lowest BCUT2D eigenvalue weighted by Gasteiger charge is -2.20. The third-order valence-electron chi connectivity index (χ3n) is 4.50. The van der Waals surface area contributed by atoms with Gasteiger partial charge in [0.2, 0.25) is 7.37 Å². The zero-order chi connectivity index (χ0) is 20.9. The minimum atomic E-state index is -3.48. The van der Waals surface area contributed by atoms with Crippen molar-refractivity contribution in [1.82, 2.24) is 15.5 Å². The minimum absolute atomic E-state index is 0.0514. The van der Waals surface area contributed by atoms with E-state index in [1.54, 1.807) is 12.1 Å². The highest BCUT2D eigenvalue weighted by atomic mass is 31.2. The number of hydrogen-bond acceptors (Lipinski definition) is 7. The highest BCUT2D eigenvalue weighted by molar-refractivity contribution is 7.57. The molecule has 0 aliphatic heterocycles. The minimum Gasteiger partial charge on any atom is -0.391 e. The van der Waals surface area contributed by atoms with Gasteiger partial charge in [0.25, 0.3) is 11.8 Å². The van der Waals surface area contributed by atoms with Gasteiger partial charge in [-0.3, -0.25) is 4.57 Å². The number of aliphatic hydroxyl groups excluding tert-OH is 1. The average molecular weight is 416 g/mol. The van der Waals surface area contributed by atoms with Gasteiger partial charge in [0, 0.05) is 24.3 Å². The van der Waals surface area contributed by atoms with E-state index in [0.717, 1.165) is 16.7 Å². The molecule has 29 heavy (non-hydrogen) atoms. The monoisotopic (exact) mass is 416 g/mol. The molecule has 3 aromatic rings. The lowest BCUT2D eigenvalue weighted by Crippen LogP contribution is -2.31. The quantitative estimate of drug-likeness (QED) is 0.391. The van der Waals surface area contributed by atoms with E-state index in [1.165, 1.54) is 0 Å². The molecule has 1 aromatic heterocycles. The van der Waals surface area contributed by atoms with Crippen molar-refractivity contribution < 1.29 is 19.1 Å². The van der Waals surface area contributed by atoms with Crippen LogP contribution in [0.4, 0.5) is 5.95 Å². The van der Waals surface area contributed by atoms with Gasteiger partial charge < -0.3 is 25.6 Å². The number of aromatic nitrogens is 2. The van der Waals surface area contributed by atoms with Gasteiger partial charge in [0.1, 0.15) is 0 Å². The van der Waals surface area contributed by atoms with Crippen LogP contribution in [0.5, 0.6) is 0 Å². The molecule has 0 aliphatic carbocycles. The van der Waals surface area contributed by atoms with Crippen molar-refractivity contribution in [3.05, 3.63) is 65.7 Å². The van der Waals surface area contributed by atoms with E-state index in [1.807, 2.05) is 49.4 Å². The van der Waals surface area contributed by atoms with Gasteiger partial charge in [-0.1, -0.05) is 42.5 Å². The Morgan fingerprint density at radius 3 is 2.66 bits per heavy atom. The molecule has 154 valence electrons. The zero-order valence-electron chi connectivity index (χ0n) is 16.1. The molecule has 0 saturated carbocycles. The third kappa shape index (κ3) is 6.24. The summed E-state index contributed by atoms with van der Waals surface area (Å²) in [6.07, 6.45) is -1.05. The van der Waals surface area contributed by atoms with Crippen LogP contribution in [0.2, 0.25) is 0 Å². The van der Waals surface area contributed by atoms with Crippen molar-refractivity contribution in [1.29, 1.82) is 0 Å². The molecular weight excluding hydrogens is 391 g/mol. The van der Waals surface area contributed by atoms with E-state index in [4.69, 9.17) is 10.3 Å². The highest BCUT2D eigenvalue weighted by Crippen LogP contribution is 2.44. The summed E-state index contributed by atoms with van der Waals surface area (Å²) >= 11 is 0. The van der Waals surface area contributed by atoms with E-state index >= 15 is 0 Å². The van der Waals surface area contributed by atoms with Crippen molar-refractivity contribution >= 4 is 13.3 Å². The molecule has 0 spiro atoms. The number of hydrogen-bond donors (Lipinski definition) is 4. The van der Waals surface area contributed by atoms with Crippen LogP contribution in [0, 0.1) is 0 Å². The van der Waals surface area contributed by atoms with Gasteiger partial charge in [-0.25, -0.2) is 0 Å². The van der Waals surface area contributed by atoms with Crippen LogP contribution in [-0.2, 0) is 10.7 Å². The van der Waals surface area contributed by atoms with Crippen LogP contribution in [-0.4, -0.2) is 39.0 Å². The summed E-state index contributed by atoms with van der Waals surface area (Å²) in [5.74, 6) is 0.405. The van der Waals surface area contributed by atoms with E-state index in [0.29, 0.717) is 5.89 Å². The Kier molecular flexibility index (Phi) is 6.82. The number of nitrogens with one attached hydrogen (secondary N) is 1. The smallest absolute Gasteiger partial charge is 0.261 e. The fourth-order valence-corrected chi connectivity index (χ4v) is 4.75. The molecule has 0 amide bonds. The van der Waals surface area contributed by atoms with Crippen LogP contribution in [0.25, 0.3) is 11.5 Å². The topological polar surface area (TPSA) is 134 Å². The summed E-state index contributed by atoms with van der Waals surface area (Å²) in [6.45, 7) is 2.13. The van der Waals surface area contributed by atoms with Crippen LogP contribution in [0.1, 0.15) is 24.1 Å². The molecule has 5 N–H and O–H groups in total. The van der Waals surface area contributed by atoms with Gasteiger partial charge in [0.05, 0.1) is 12.3 Å². The SMILES string of the molecule is CC(NC[C@H](O)CP(=O)(O)Cc1ccccc1)c1cccc(-c2nc(N)no2)c1. The van der Waals surface area contributed by atoms with Gasteiger partial charge in [-0.15, -0.1) is 0 Å². The van der Waals surface area contributed by atoms with Crippen molar-refractivity contribution in [2.45, 2.75) is 25.2 Å². The van der Waals surface area contributed by atoms with Crippen LogP contribution >= 0.6 is 7.37 Å². The molecule has 0 saturated heterocycles. The molecule has 3 atom stereocenters. The molecule has 8 nitrogen and oxygen atoms in total. The summed E-state index contributed by atoms with van der Waals surface area (Å²) in [6, 6.07) is 16.5. The van der Waals surface area contributed by atoms with Crippen molar-refractivity contribution in [2.24, 2.45) is 0 Å². The summed E-state index contributed by atoms with van der Waals surface area (Å²) in [5.41, 5.74) is 7.96. The van der Waals surface area contributed by atoms with E-state index in [2.05, 4.69) is 15.5 Å². The summed E-state index contributed by atoms with van der Waals surface area (Å²) in [4.78, 5) is 14.2. The summed E-state index contributed by atoms with van der Waals surface area (Å²) in [7, 11) is -3.48. The second-order valence-corrected chi connectivity index (χ2v) is 9.41. The first-order chi connectivity index (χ1) is 13.8. The van der Waals surface area contributed by atoms with E-state index < -0.39 is 13.5 Å². The highest BCUT2D eigenvalue weighted by Gasteiger charge is 2.24. The summed E-state index contributed by atoms with van der Waals surface area (Å²) in [5, 5.41) is 17.0. The molecular formula is C20H25N4O4P. The molecule has 9 heteroatoms. The first-order valence-electron chi connectivity index (χ1n) is 9.28. The molecule has 2 unspecified atom stereocenters. The van der Waals surface area contributed by atoms with E-state index in [-0.39, 0.29) is 30.9 Å². The van der Waals surface area contributed by atoms with E-state index in [9.17, 15) is 14.6 Å². The van der Waals surface area contributed by atoms with Crippen LogP contribution in [0.3, 0.4) is 0 Å².